The first-order chi connectivity index (χ1) is 8.78. The van der Waals surface area contributed by atoms with Crippen molar-refractivity contribution in [2.24, 2.45) is 0 Å². The lowest BCUT2D eigenvalue weighted by Crippen LogP contribution is -2.07. The number of nitrogens with one attached hydrogen (secondary N) is 1. The molecule has 2 heterocycles. The molecule has 0 bridgehead atoms. The molecule has 4 nitrogen and oxygen atoms in total. The molecule has 0 aliphatic carbocycles. The van der Waals surface area contributed by atoms with E-state index in [2.05, 4.69) is 10.3 Å². The van der Waals surface area contributed by atoms with Crippen LogP contribution in [-0.2, 0) is 4.79 Å². The van der Waals surface area contributed by atoms with Gasteiger partial charge in [-0.05, 0) is 36.6 Å². The van der Waals surface area contributed by atoms with E-state index in [9.17, 15) is 4.79 Å². The molecule has 0 aliphatic heterocycles. The summed E-state index contributed by atoms with van der Waals surface area (Å²) in [5.74, 6) is 0.422. The van der Waals surface area contributed by atoms with E-state index in [1.165, 1.54) is 6.08 Å². The highest BCUT2D eigenvalue weighted by Gasteiger charge is 1.99. The van der Waals surface area contributed by atoms with E-state index in [1.807, 2.05) is 18.4 Å². The summed E-state index contributed by atoms with van der Waals surface area (Å²) in [5.41, 5.74) is 0.668. The fraction of sp³-hybridized carbons (Fsp3) is 0.0769. The van der Waals surface area contributed by atoms with E-state index < -0.39 is 0 Å². The first kappa shape index (κ1) is 12.4. The Hall–Kier alpha value is -2.01. The monoisotopic (exact) mass is 260 g/mol. The zero-order chi connectivity index (χ0) is 12.8. The van der Waals surface area contributed by atoms with Crippen molar-refractivity contribution in [3.8, 4) is 0 Å². The summed E-state index contributed by atoms with van der Waals surface area (Å²) in [7, 11) is 0. The Balaban J connectivity index is 1.94. The van der Waals surface area contributed by atoms with Crippen molar-refractivity contribution in [2.45, 2.75) is 5.03 Å². The lowest BCUT2D eigenvalue weighted by molar-refractivity contribution is -0.111. The van der Waals surface area contributed by atoms with Crippen LogP contribution in [0.3, 0.4) is 0 Å². The summed E-state index contributed by atoms with van der Waals surface area (Å²) >= 11 is 1.55. The fourth-order valence-corrected chi connectivity index (χ4v) is 1.67. The summed E-state index contributed by atoms with van der Waals surface area (Å²) < 4.78 is 5.08. The summed E-state index contributed by atoms with van der Waals surface area (Å²) in [5, 5.41) is 3.63. The Bertz CT molecular complexity index is 533. The third-order valence-electron chi connectivity index (χ3n) is 2.16. The number of rotatable bonds is 4. The van der Waals surface area contributed by atoms with Gasteiger partial charge in [0.15, 0.2) is 0 Å². The van der Waals surface area contributed by atoms with E-state index >= 15 is 0 Å². The van der Waals surface area contributed by atoms with E-state index in [4.69, 9.17) is 4.42 Å². The lowest BCUT2D eigenvalue weighted by atomic mass is 10.3. The van der Waals surface area contributed by atoms with Crippen LogP contribution in [0, 0.1) is 0 Å². The van der Waals surface area contributed by atoms with Crippen LogP contribution in [0.1, 0.15) is 5.76 Å². The number of furan rings is 1. The minimum absolute atomic E-state index is 0.217. The molecule has 18 heavy (non-hydrogen) atoms. The second kappa shape index (κ2) is 6.07. The Morgan fingerprint density at radius 2 is 2.33 bits per heavy atom. The average Bonchev–Trinajstić information content (AvgIpc) is 2.90. The normalized spacial score (nSPS) is 10.7. The lowest BCUT2D eigenvalue weighted by Gasteiger charge is -2.01. The molecule has 0 saturated carbocycles. The molecule has 0 aromatic carbocycles. The quantitative estimate of drug-likeness (QED) is 0.678. The highest BCUT2D eigenvalue weighted by atomic mass is 32.2. The van der Waals surface area contributed by atoms with E-state index in [0.717, 1.165) is 5.03 Å². The van der Waals surface area contributed by atoms with Gasteiger partial charge in [0.1, 0.15) is 5.76 Å². The minimum atomic E-state index is -0.217. The number of thioether (sulfide) groups is 1. The maximum atomic E-state index is 11.6. The van der Waals surface area contributed by atoms with Gasteiger partial charge in [-0.1, -0.05) is 0 Å². The molecular weight excluding hydrogens is 248 g/mol. The van der Waals surface area contributed by atoms with Crippen LogP contribution < -0.4 is 5.32 Å². The minimum Gasteiger partial charge on any atom is -0.465 e. The smallest absolute Gasteiger partial charge is 0.248 e. The van der Waals surface area contributed by atoms with Gasteiger partial charge < -0.3 is 9.73 Å². The first-order valence-electron chi connectivity index (χ1n) is 5.30. The van der Waals surface area contributed by atoms with Crippen LogP contribution in [0.4, 0.5) is 5.69 Å². The van der Waals surface area contributed by atoms with Gasteiger partial charge in [-0.3, -0.25) is 4.79 Å². The fourth-order valence-electron chi connectivity index (χ4n) is 1.30. The number of pyridine rings is 1. The zero-order valence-electron chi connectivity index (χ0n) is 9.79. The van der Waals surface area contributed by atoms with Crippen molar-refractivity contribution in [3.63, 3.8) is 0 Å². The largest absolute Gasteiger partial charge is 0.465 e. The highest BCUT2D eigenvalue weighted by molar-refractivity contribution is 7.98. The van der Waals surface area contributed by atoms with E-state index in [1.54, 1.807) is 42.4 Å². The summed E-state index contributed by atoms with van der Waals surface area (Å²) in [6.07, 6.45) is 8.17. The second-order valence-corrected chi connectivity index (χ2v) is 4.25. The topological polar surface area (TPSA) is 55.1 Å². The van der Waals surface area contributed by atoms with E-state index in [0.29, 0.717) is 11.4 Å². The number of aromatic nitrogens is 1. The maximum Gasteiger partial charge on any atom is 0.248 e. The molecule has 2 aromatic heterocycles. The third kappa shape index (κ3) is 3.49. The molecule has 1 N–H and O–H groups in total. The van der Waals surface area contributed by atoms with Crippen molar-refractivity contribution >= 4 is 29.4 Å². The molecule has 0 saturated heterocycles. The van der Waals surface area contributed by atoms with Crippen LogP contribution in [0.25, 0.3) is 6.08 Å². The Kier molecular flexibility index (Phi) is 4.20. The predicted octanol–water partition coefficient (Wildman–Crippen LogP) is 3.05. The second-order valence-electron chi connectivity index (χ2n) is 3.43. The number of hydrogen-bond donors (Lipinski definition) is 1. The van der Waals surface area contributed by atoms with Crippen molar-refractivity contribution in [1.29, 1.82) is 0 Å². The van der Waals surface area contributed by atoms with Crippen LogP contribution >= 0.6 is 11.8 Å². The average molecular weight is 260 g/mol. The van der Waals surface area contributed by atoms with Crippen molar-refractivity contribution in [3.05, 3.63) is 48.6 Å². The summed E-state index contributed by atoms with van der Waals surface area (Å²) in [6.45, 7) is 0. The number of carbonyl (C=O) groups is 1. The molecule has 0 atom stereocenters. The maximum absolute atomic E-state index is 11.6. The molecule has 2 aromatic rings. The molecule has 0 radical (unpaired) electrons. The van der Waals surface area contributed by atoms with Crippen LogP contribution in [0.15, 0.2) is 52.2 Å². The molecule has 92 valence electrons. The van der Waals surface area contributed by atoms with Gasteiger partial charge in [0.05, 0.1) is 23.2 Å². The van der Waals surface area contributed by atoms with Crippen molar-refractivity contribution in [2.75, 3.05) is 11.6 Å². The van der Waals surface area contributed by atoms with Crippen LogP contribution in [0.2, 0.25) is 0 Å². The van der Waals surface area contributed by atoms with Crippen molar-refractivity contribution < 1.29 is 9.21 Å². The molecule has 2 rings (SSSR count). The Morgan fingerprint density at radius 1 is 1.44 bits per heavy atom. The SMILES string of the molecule is CSc1ccc(NC(=O)/C=C\c2ccco2)cn1. The van der Waals surface area contributed by atoms with Crippen LogP contribution in [0.5, 0.6) is 0 Å². The first-order valence-corrected chi connectivity index (χ1v) is 6.53. The van der Waals surface area contributed by atoms with Gasteiger partial charge in [-0.2, -0.15) is 0 Å². The highest BCUT2D eigenvalue weighted by Crippen LogP contribution is 2.13. The molecular formula is C13H12N2O2S. The number of hydrogen-bond acceptors (Lipinski definition) is 4. The summed E-state index contributed by atoms with van der Waals surface area (Å²) in [4.78, 5) is 15.8. The van der Waals surface area contributed by atoms with Gasteiger partial charge in [0.2, 0.25) is 5.91 Å². The number of amides is 1. The Morgan fingerprint density at radius 3 is 2.94 bits per heavy atom. The molecule has 0 fully saturated rings. The van der Waals surface area contributed by atoms with Gasteiger partial charge in [-0.15, -0.1) is 11.8 Å². The molecule has 0 unspecified atom stereocenters. The Labute approximate surface area is 109 Å². The van der Waals surface area contributed by atoms with Gasteiger partial charge in [-0.25, -0.2) is 4.98 Å². The summed E-state index contributed by atoms with van der Waals surface area (Å²) in [6, 6.07) is 7.22. The zero-order valence-corrected chi connectivity index (χ0v) is 10.6. The number of anilines is 1. The molecule has 1 amide bonds. The number of carbonyl (C=O) groups excluding carboxylic acids is 1. The standard InChI is InChI=1S/C13H12N2O2S/c1-18-13-7-4-10(9-14-13)15-12(16)6-5-11-3-2-8-17-11/h2-9H,1H3,(H,15,16)/b6-5-. The van der Waals surface area contributed by atoms with Gasteiger partial charge >= 0.3 is 0 Å². The van der Waals surface area contributed by atoms with Gasteiger partial charge in [0, 0.05) is 6.08 Å². The third-order valence-corrected chi connectivity index (χ3v) is 2.81. The molecule has 0 aliphatic rings. The van der Waals surface area contributed by atoms with Crippen LogP contribution in [-0.4, -0.2) is 17.1 Å². The molecule has 5 heteroatoms. The number of nitrogens with zero attached hydrogens (tertiary/aromatic N) is 1. The predicted molar refractivity (Wildman–Crippen MR) is 72.4 cm³/mol. The van der Waals surface area contributed by atoms with Gasteiger partial charge in [0.25, 0.3) is 0 Å². The van der Waals surface area contributed by atoms with Crippen molar-refractivity contribution in [1.82, 2.24) is 4.98 Å². The molecule has 0 spiro atoms. The van der Waals surface area contributed by atoms with E-state index in [-0.39, 0.29) is 5.91 Å².